The van der Waals surface area contributed by atoms with Gasteiger partial charge in [0.15, 0.2) is 16.6 Å². The maximum absolute atomic E-state index is 11.2. The second-order valence-electron chi connectivity index (χ2n) is 12.5. The van der Waals surface area contributed by atoms with Crippen molar-refractivity contribution in [3.8, 4) is 6.07 Å². The molecule has 0 aromatic heterocycles. The molecule has 0 radical (unpaired) electrons. The molecular formula is C32H43NO2Si2. The Labute approximate surface area is 226 Å². The summed E-state index contributed by atoms with van der Waals surface area (Å²) in [5.41, 5.74) is 2.94. The van der Waals surface area contributed by atoms with Gasteiger partial charge in [-0.15, -0.1) is 0 Å². The van der Waals surface area contributed by atoms with E-state index >= 15 is 0 Å². The van der Waals surface area contributed by atoms with Crippen molar-refractivity contribution in [1.29, 1.82) is 5.26 Å². The molecule has 3 rings (SSSR count). The van der Waals surface area contributed by atoms with Gasteiger partial charge in [0.1, 0.15) is 11.5 Å². The summed E-state index contributed by atoms with van der Waals surface area (Å²) in [7, 11) is -4.43. The Bertz CT molecular complexity index is 1210. The van der Waals surface area contributed by atoms with Crippen LogP contribution >= 0.6 is 0 Å². The highest BCUT2D eigenvalue weighted by Gasteiger charge is 2.52. The smallest absolute Gasteiger partial charge is 0.193 e. The van der Waals surface area contributed by atoms with Gasteiger partial charge in [-0.05, 0) is 61.4 Å². The second kappa shape index (κ2) is 11.1. The van der Waals surface area contributed by atoms with Crippen molar-refractivity contribution in [3.63, 3.8) is 0 Å². The molecule has 0 amide bonds. The Balaban J connectivity index is 2.41. The van der Waals surface area contributed by atoms with Crippen LogP contribution < -0.4 is 0 Å². The molecule has 0 bridgehead atoms. The first-order valence-electron chi connectivity index (χ1n) is 13.2. The van der Waals surface area contributed by atoms with Crippen molar-refractivity contribution in [3.05, 3.63) is 107 Å². The molecule has 0 saturated heterocycles. The Morgan fingerprint density at radius 2 is 1.27 bits per heavy atom. The van der Waals surface area contributed by atoms with E-state index in [1.165, 1.54) is 0 Å². The molecule has 3 aromatic carbocycles. The van der Waals surface area contributed by atoms with E-state index < -0.39 is 34.3 Å². The van der Waals surface area contributed by atoms with E-state index in [0.29, 0.717) is 0 Å². The Morgan fingerprint density at radius 3 is 1.76 bits per heavy atom. The van der Waals surface area contributed by atoms with Crippen molar-refractivity contribution < 1.29 is 8.85 Å². The fourth-order valence-electron chi connectivity index (χ4n) is 4.48. The van der Waals surface area contributed by atoms with Crippen molar-refractivity contribution in [2.75, 3.05) is 0 Å². The molecule has 0 aliphatic carbocycles. The molecule has 1 unspecified atom stereocenters. The molecule has 3 aromatic rings. The lowest BCUT2D eigenvalue weighted by Crippen LogP contribution is -2.53. The van der Waals surface area contributed by atoms with E-state index in [-0.39, 0.29) is 5.04 Å². The first-order chi connectivity index (χ1) is 17.2. The van der Waals surface area contributed by atoms with Gasteiger partial charge in [-0.3, -0.25) is 0 Å². The highest BCUT2D eigenvalue weighted by Crippen LogP contribution is 2.48. The third-order valence-electron chi connectivity index (χ3n) is 7.42. The summed E-state index contributed by atoms with van der Waals surface area (Å²) in [5.74, 6) is 0. The molecule has 0 spiro atoms. The lowest BCUT2D eigenvalue weighted by atomic mass is 9.69. The maximum atomic E-state index is 11.2. The van der Waals surface area contributed by atoms with E-state index in [1.54, 1.807) is 0 Å². The van der Waals surface area contributed by atoms with Gasteiger partial charge in [0.05, 0.1) is 12.2 Å². The number of benzene rings is 3. The number of rotatable bonds is 9. The number of nitriles is 1. The van der Waals surface area contributed by atoms with E-state index in [0.717, 1.165) is 22.3 Å². The average molecular weight is 530 g/mol. The zero-order valence-electron chi connectivity index (χ0n) is 24.0. The summed E-state index contributed by atoms with van der Waals surface area (Å²) in [6, 6.07) is 31.6. The van der Waals surface area contributed by atoms with E-state index in [2.05, 4.69) is 109 Å². The van der Waals surface area contributed by atoms with Crippen LogP contribution in [0.5, 0.6) is 0 Å². The summed E-state index contributed by atoms with van der Waals surface area (Å²) in [6.45, 7) is 20.0. The highest BCUT2D eigenvalue weighted by atomic mass is 28.4. The molecular weight excluding hydrogens is 487 g/mol. The van der Waals surface area contributed by atoms with Gasteiger partial charge in [-0.1, -0.05) is 111 Å². The first-order valence-corrected chi connectivity index (χ1v) is 19.5. The Morgan fingerprint density at radius 1 is 0.730 bits per heavy atom. The molecule has 0 N–H and O–H groups in total. The van der Waals surface area contributed by atoms with Crippen LogP contribution in [0.15, 0.2) is 84.9 Å². The van der Waals surface area contributed by atoms with E-state index in [9.17, 15) is 5.26 Å². The largest absolute Gasteiger partial charge is 0.409 e. The lowest BCUT2D eigenvalue weighted by Gasteiger charge is -2.47. The highest BCUT2D eigenvalue weighted by molar-refractivity contribution is 6.74. The average Bonchev–Trinajstić information content (AvgIpc) is 2.83. The molecule has 196 valence electrons. The van der Waals surface area contributed by atoms with Crippen LogP contribution in [0.2, 0.25) is 37.8 Å². The minimum Gasteiger partial charge on any atom is -0.409 e. The van der Waals surface area contributed by atoms with Gasteiger partial charge in [0, 0.05) is 0 Å². The third-order valence-corrected chi connectivity index (χ3v) is 12.8. The standard InChI is InChI=1S/C32H43NO2Si2/c1-25-17-16-22-28(23-25)32(24-33,27-20-14-11-15-21-27)30(35-36(5,6)7)29(26-18-12-10-13-19-26)34-37(8,9)31(2,3)4/h10-23,29-30H,1-9H3/t29-,30+,32?/m0/s1. The summed E-state index contributed by atoms with van der Waals surface area (Å²) in [5, 5.41) is 11.2. The van der Waals surface area contributed by atoms with Gasteiger partial charge < -0.3 is 8.85 Å². The molecule has 0 fully saturated rings. The van der Waals surface area contributed by atoms with E-state index in [1.807, 2.05) is 42.5 Å². The van der Waals surface area contributed by atoms with Crippen LogP contribution in [0.25, 0.3) is 0 Å². The number of aryl methyl sites for hydroxylation is 1. The predicted octanol–water partition coefficient (Wildman–Crippen LogP) is 8.79. The predicted molar refractivity (Wildman–Crippen MR) is 160 cm³/mol. The van der Waals surface area contributed by atoms with Gasteiger partial charge in [0.2, 0.25) is 0 Å². The van der Waals surface area contributed by atoms with Gasteiger partial charge in [-0.2, -0.15) is 5.26 Å². The van der Waals surface area contributed by atoms with Crippen LogP contribution in [0, 0.1) is 18.3 Å². The quantitative estimate of drug-likeness (QED) is 0.260. The summed E-state index contributed by atoms with van der Waals surface area (Å²) < 4.78 is 14.4. The van der Waals surface area contributed by atoms with Crippen LogP contribution in [-0.2, 0) is 14.3 Å². The van der Waals surface area contributed by atoms with Crippen LogP contribution in [-0.4, -0.2) is 22.7 Å². The third kappa shape index (κ3) is 6.50. The molecule has 3 nitrogen and oxygen atoms in total. The van der Waals surface area contributed by atoms with Crippen LogP contribution in [0.4, 0.5) is 0 Å². The van der Waals surface area contributed by atoms with Gasteiger partial charge in [-0.25, -0.2) is 0 Å². The van der Waals surface area contributed by atoms with Crippen LogP contribution in [0.3, 0.4) is 0 Å². The Hall–Kier alpha value is -2.50. The monoisotopic (exact) mass is 529 g/mol. The maximum Gasteiger partial charge on any atom is 0.193 e. The molecule has 5 heteroatoms. The fraction of sp³-hybridized carbons (Fsp3) is 0.406. The van der Waals surface area contributed by atoms with Crippen molar-refractivity contribution in [2.45, 2.75) is 83.1 Å². The van der Waals surface area contributed by atoms with Crippen LogP contribution in [0.1, 0.15) is 49.1 Å². The van der Waals surface area contributed by atoms with Gasteiger partial charge >= 0.3 is 0 Å². The number of nitrogens with zero attached hydrogens (tertiary/aromatic N) is 1. The SMILES string of the molecule is Cc1cccc(C(C#N)(c2ccccc2)[C@H](O[Si](C)(C)C)[C@@H](O[Si](C)(C)C(C)(C)C)c2ccccc2)c1. The summed E-state index contributed by atoms with van der Waals surface area (Å²) in [4.78, 5) is 0. The Kier molecular flexibility index (Phi) is 8.71. The van der Waals surface area contributed by atoms with E-state index in [4.69, 9.17) is 8.85 Å². The topological polar surface area (TPSA) is 42.2 Å². The van der Waals surface area contributed by atoms with Gasteiger partial charge in [0.25, 0.3) is 0 Å². The lowest BCUT2D eigenvalue weighted by molar-refractivity contribution is 0.0120. The molecule has 3 atom stereocenters. The second-order valence-corrected chi connectivity index (χ2v) is 21.7. The molecule has 0 aliphatic heterocycles. The molecule has 37 heavy (non-hydrogen) atoms. The molecule has 0 heterocycles. The fourth-order valence-corrected chi connectivity index (χ4v) is 6.79. The minimum absolute atomic E-state index is 0.00483. The van der Waals surface area contributed by atoms with Crippen molar-refractivity contribution >= 4 is 16.6 Å². The number of hydrogen-bond donors (Lipinski definition) is 0. The number of hydrogen-bond acceptors (Lipinski definition) is 3. The zero-order chi connectivity index (χ0) is 27.5. The minimum atomic E-state index is -2.27. The summed E-state index contributed by atoms with van der Waals surface area (Å²) >= 11 is 0. The normalized spacial score (nSPS) is 15.9. The molecule has 0 saturated carbocycles. The van der Waals surface area contributed by atoms with Crippen molar-refractivity contribution in [2.24, 2.45) is 0 Å². The zero-order valence-corrected chi connectivity index (χ0v) is 26.0. The first kappa shape index (κ1) is 29.1. The van der Waals surface area contributed by atoms with Crippen molar-refractivity contribution in [1.82, 2.24) is 0 Å². The summed E-state index contributed by atoms with van der Waals surface area (Å²) in [6.07, 6.45) is -0.973. The molecule has 0 aliphatic rings.